The van der Waals surface area contributed by atoms with Crippen LogP contribution < -0.4 is 10.6 Å². The molecule has 4 rings (SSSR count). The Morgan fingerprint density at radius 1 is 1.10 bits per heavy atom. The van der Waals surface area contributed by atoms with Gasteiger partial charge in [0.1, 0.15) is 0 Å². The van der Waals surface area contributed by atoms with Gasteiger partial charge in [-0.15, -0.1) is 16.7 Å². The standard InChI is InChI=1S/C22H20Cl2N4O/c23-11-14-4-6-15(7-5-14)12-25-21-9-18(13-26-28-21)27-22(29)20-10-19(20)16-2-1-3-17(24)8-16/h1-9,13,19-20H,10-12H2,(H2,25,27,28,29)/t19-,20+/m1/s1. The predicted octanol–water partition coefficient (Wildman–Crippen LogP) is 5.22. The van der Waals surface area contributed by atoms with Crippen LogP contribution in [0, 0.1) is 5.92 Å². The van der Waals surface area contributed by atoms with Crippen LogP contribution in [0.2, 0.25) is 5.02 Å². The molecule has 0 spiro atoms. The summed E-state index contributed by atoms with van der Waals surface area (Å²) in [6.45, 7) is 0.605. The zero-order chi connectivity index (χ0) is 20.2. The van der Waals surface area contributed by atoms with E-state index in [-0.39, 0.29) is 17.7 Å². The highest BCUT2D eigenvalue weighted by atomic mass is 35.5. The van der Waals surface area contributed by atoms with E-state index in [1.54, 1.807) is 12.3 Å². The van der Waals surface area contributed by atoms with Gasteiger partial charge in [0, 0.05) is 29.4 Å². The topological polar surface area (TPSA) is 66.9 Å². The zero-order valence-electron chi connectivity index (χ0n) is 15.6. The monoisotopic (exact) mass is 426 g/mol. The van der Waals surface area contributed by atoms with Crippen molar-refractivity contribution in [1.29, 1.82) is 0 Å². The number of benzene rings is 2. The molecule has 1 saturated carbocycles. The van der Waals surface area contributed by atoms with Gasteiger partial charge in [-0.3, -0.25) is 4.79 Å². The average Bonchev–Trinajstić information content (AvgIpc) is 3.54. The molecule has 5 nitrogen and oxygen atoms in total. The molecular formula is C22H20Cl2N4O. The molecule has 7 heteroatoms. The number of carbonyl (C=O) groups excluding carboxylic acids is 1. The fourth-order valence-corrected chi connectivity index (χ4v) is 3.66. The summed E-state index contributed by atoms with van der Waals surface area (Å²) in [6.07, 6.45) is 2.38. The molecule has 2 atom stereocenters. The van der Waals surface area contributed by atoms with Gasteiger partial charge in [-0.1, -0.05) is 48.0 Å². The molecule has 148 valence electrons. The van der Waals surface area contributed by atoms with Crippen LogP contribution in [0.3, 0.4) is 0 Å². The van der Waals surface area contributed by atoms with E-state index in [9.17, 15) is 4.79 Å². The third kappa shape index (κ3) is 5.05. The van der Waals surface area contributed by atoms with E-state index >= 15 is 0 Å². The maximum absolute atomic E-state index is 12.6. The summed E-state index contributed by atoms with van der Waals surface area (Å²) in [5.41, 5.74) is 3.92. The van der Waals surface area contributed by atoms with Gasteiger partial charge in [-0.25, -0.2) is 0 Å². The molecule has 2 aromatic carbocycles. The van der Waals surface area contributed by atoms with Gasteiger partial charge >= 0.3 is 0 Å². The van der Waals surface area contributed by atoms with Crippen LogP contribution in [-0.2, 0) is 17.2 Å². The van der Waals surface area contributed by atoms with E-state index in [0.717, 1.165) is 23.1 Å². The van der Waals surface area contributed by atoms with E-state index in [4.69, 9.17) is 23.2 Å². The summed E-state index contributed by atoms with van der Waals surface area (Å²) in [6, 6.07) is 17.5. The smallest absolute Gasteiger partial charge is 0.228 e. The maximum Gasteiger partial charge on any atom is 0.228 e. The summed E-state index contributed by atoms with van der Waals surface area (Å²) >= 11 is 11.9. The molecule has 1 heterocycles. The molecular weight excluding hydrogens is 407 g/mol. The molecule has 1 aliphatic rings. The zero-order valence-corrected chi connectivity index (χ0v) is 17.1. The highest BCUT2D eigenvalue weighted by Gasteiger charge is 2.44. The summed E-state index contributed by atoms with van der Waals surface area (Å²) in [7, 11) is 0. The average molecular weight is 427 g/mol. The molecule has 0 radical (unpaired) electrons. The Morgan fingerprint density at radius 2 is 1.90 bits per heavy atom. The molecule has 1 aromatic heterocycles. The Balaban J connectivity index is 1.33. The lowest BCUT2D eigenvalue weighted by molar-refractivity contribution is -0.117. The molecule has 1 fully saturated rings. The van der Waals surface area contributed by atoms with Crippen molar-refractivity contribution in [2.75, 3.05) is 10.6 Å². The molecule has 0 unspecified atom stereocenters. The molecule has 0 aliphatic heterocycles. The Labute approximate surface area is 179 Å². The first-order chi connectivity index (χ1) is 14.1. The lowest BCUT2D eigenvalue weighted by Crippen LogP contribution is -2.15. The highest BCUT2D eigenvalue weighted by Crippen LogP contribution is 2.48. The Morgan fingerprint density at radius 3 is 2.66 bits per heavy atom. The third-order valence-corrected chi connectivity index (χ3v) is 5.52. The quantitative estimate of drug-likeness (QED) is 0.507. The Kier molecular flexibility index (Phi) is 5.97. The van der Waals surface area contributed by atoms with Crippen molar-refractivity contribution >= 4 is 40.6 Å². The Hall–Kier alpha value is -2.63. The lowest BCUT2D eigenvalue weighted by atomic mass is 10.1. The van der Waals surface area contributed by atoms with Crippen molar-refractivity contribution in [1.82, 2.24) is 10.2 Å². The molecule has 0 bridgehead atoms. The number of halogens is 2. The van der Waals surface area contributed by atoms with Gasteiger partial charge in [-0.2, -0.15) is 5.10 Å². The van der Waals surface area contributed by atoms with Crippen LogP contribution in [-0.4, -0.2) is 16.1 Å². The summed E-state index contributed by atoms with van der Waals surface area (Å²) in [4.78, 5) is 12.6. The minimum atomic E-state index is -0.0431. The number of nitrogens with zero attached hydrogens (tertiary/aromatic N) is 2. The first-order valence-electron chi connectivity index (χ1n) is 9.39. The van der Waals surface area contributed by atoms with Crippen molar-refractivity contribution in [2.45, 2.75) is 24.8 Å². The van der Waals surface area contributed by atoms with E-state index < -0.39 is 0 Å². The van der Waals surface area contributed by atoms with Crippen LogP contribution in [0.25, 0.3) is 0 Å². The number of hydrogen-bond donors (Lipinski definition) is 2. The number of aromatic nitrogens is 2. The highest BCUT2D eigenvalue weighted by molar-refractivity contribution is 6.30. The predicted molar refractivity (Wildman–Crippen MR) is 116 cm³/mol. The number of carbonyl (C=O) groups is 1. The van der Waals surface area contributed by atoms with Crippen LogP contribution in [0.5, 0.6) is 0 Å². The van der Waals surface area contributed by atoms with Crippen molar-refractivity contribution in [2.24, 2.45) is 5.92 Å². The molecule has 0 saturated heterocycles. The fourth-order valence-electron chi connectivity index (χ4n) is 3.29. The van der Waals surface area contributed by atoms with Gasteiger partial charge < -0.3 is 10.6 Å². The van der Waals surface area contributed by atoms with Crippen LogP contribution in [0.15, 0.2) is 60.8 Å². The van der Waals surface area contributed by atoms with Crippen molar-refractivity contribution in [3.05, 3.63) is 82.5 Å². The van der Waals surface area contributed by atoms with Crippen molar-refractivity contribution < 1.29 is 4.79 Å². The molecule has 1 aliphatic carbocycles. The van der Waals surface area contributed by atoms with E-state index in [0.29, 0.717) is 29.0 Å². The minimum Gasteiger partial charge on any atom is -0.364 e. The second-order valence-electron chi connectivity index (χ2n) is 7.13. The summed E-state index contributed by atoms with van der Waals surface area (Å²) < 4.78 is 0. The fraction of sp³-hybridized carbons (Fsp3) is 0.227. The lowest BCUT2D eigenvalue weighted by Gasteiger charge is -2.08. The molecule has 29 heavy (non-hydrogen) atoms. The van der Waals surface area contributed by atoms with Crippen molar-refractivity contribution in [3.8, 4) is 0 Å². The van der Waals surface area contributed by atoms with E-state index in [1.807, 2.05) is 48.5 Å². The molecule has 1 amide bonds. The number of alkyl halides is 1. The van der Waals surface area contributed by atoms with Gasteiger partial charge in [0.2, 0.25) is 5.91 Å². The number of hydrogen-bond acceptors (Lipinski definition) is 4. The van der Waals surface area contributed by atoms with Crippen molar-refractivity contribution in [3.63, 3.8) is 0 Å². The van der Waals surface area contributed by atoms with Gasteiger partial charge in [0.25, 0.3) is 0 Å². The number of nitrogens with one attached hydrogen (secondary N) is 2. The first kappa shape index (κ1) is 19.7. The summed E-state index contributed by atoms with van der Waals surface area (Å²) in [5, 5.41) is 14.9. The van der Waals surface area contributed by atoms with Gasteiger partial charge in [0.05, 0.1) is 11.9 Å². The number of rotatable bonds is 7. The second-order valence-corrected chi connectivity index (χ2v) is 7.83. The second kappa shape index (κ2) is 8.80. The first-order valence-corrected chi connectivity index (χ1v) is 10.3. The van der Waals surface area contributed by atoms with E-state index in [2.05, 4.69) is 20.8 Å². The van der Waals surface area contributed by atoms with Gasteiger partial charge in [0.15, 0.2) is 5.82 Å². The summed E-state index contributed by atoms with van der Waals surface area (Å²) in [5.74, 6) is 1.27. The number of anilines is 2. The Bertz CT molecular complexity index is 1010. The van der Waals surface area contributed by atoms with E-state index in [1.165, 1.54) is 0 Å². The normalized spacial score (nSPS) is 17.6. The molecule has 2 N–H and O–H groups in total. The SMILES string of the molecule is O=C(Nc1cnnc(NCc2ccc(CCl)cc2)c1)[C@H]1C[C@@H]1c1cccc(Cl)c1. The maximum atomic E-state index is 12.6. The van der Waals surface area contributed by atoms with Crippen LogP contribution in [0.1, 0.15) is 29.0 Å². The number of amides is 1. The molecule has 3 aromatic rings. The van der Waals surface area contributed by atoms with Crippen LogP contribution >= 0.6 is 23.2 Å². The minimum absolute atomic E-state index is 0.00871. The van der Waals surface area contributed by atoms with Gasteiger partial charge in [-0.05, 0) is 41.2 Å². The van der Waals surface area contributed by atoms with Crippen LogP contribution in [0.4, 0.5) is 11.5 Å². The largest absolute Gasteiger partial charge is 0.364 e. The third-order valence-electron chi connectivity index (χ3n) is 4.98.